The van der Waals surface area contributed by atoms with Gasteiger partial charge in [0.1, 0.15) is 6.61 Å². The van der Waals surface area contributed by atoms with Crippen molar-refractivity contribution in [2.24, 2.45) is 7.05 Å². The van der Waals surface area contributed by atoms with Crippen molar-refractivity contribution in [3.8, 4) is 10.6 Å². The molecule has 0 aromatic carbocycles. The number of ether oxygens (including phenoxy) is 1. The van der Waals surface area contributed by atoms with Gasteiger partial charge in [0.05, 0.1) is 21.3 Å². The van der Waals surface area contributed by atoms with Crippen LogP contribution >= 0.6 is 11.3 Å². The maximum Gasteiger partial charge on any atom is 0.225 e. The third kappa shape index (κ3) is 3.83. The molecule has 1 N–H and O–H groups in total. The van der Waals surface area contributed by atoms with Gasteiger partial charge in [-0.15, -0.1) is 11.3 Å². The Morgan fingerprint density at radius 2 is 2.14 bits per heavy atom. The van der Waals surface area contributed by atoms with Gasteiger partial charge in [-0.1, -0.05) is 0 Å². The zero-order valence-corrected chi connectivity index (χ0v) is 17.3. The number of aromatic nitrogens is 6. The number of nitrogens with zero attached hydrogens (tertiary/aromatic N) is 7. The summed E-state index contributed by atoms with van der Waals surface area (Å²) in [6.07, 6.45) is 2.81. The lowest BCUT2D eigenvalue weighted by molar-refractivity contribution is 0.177. The van der Waals surface area contributed by atoms with E-state index in [4.69, 9.17) is 9.72 Å². The van der Waals surface area contributed by atoms with Crippen LogP contribution in [0.3, 0.4) is 0 Å². The monoisotopic (exact) mass is 400 g/mol. The minimum absolute atomic E-state index is 0.262. The molecule has 0 radical (unpaired) electrons. The fourth-order valence-corrected chi connectivity index (χ4v) is 4.28. The van der Waals surface area contributed by atoms with E-state index in [0.29, 0.717) is 12.4 Å². The van der Waals surface area contributed by atoms with Gasteiger partial charge in [-0.05, 0) is 26.3 Å². The maximum atomic E-state index is 5.10. The van der Waals surface area contributed by atoms with Gasteiger partial charge in [-0.3, -0.25) is 0 Å². The molecular formula is C18H24N8OS. The van der Waals surface area contributed by atoms with Crippen molar-refractivity contribution in [3.05, 3.63) is 28.8 Å². The Labute approximate surface area is 167 Å². The zero-order chi connectivity index (χ0) is 19.7. The van der Waals surface area contributed by atoms with Crippen molar-refractivity contribution in [1.82, 2.24) is 29.7 Å². The highest BCUT2D eigenvalue weighted by molar-refractivity contribution is 7.15. The SMILES string of the molecule is COCc1nc(NC2CCN(c3nccc(-c4sc(C)nc4C)n3)C2)n(C)n1. The molecule has 1 unspecified atom stereocenters. The van der Waals surface area contributed by atoms with Crippen molar-refractivity contribution in [1.29, 1.82) is 0 Å². The number of nitrogens with one attached hydrogen (secondary N) is 1. The summed E-state index contributed by atoms with van der Waals surface area (Å²) in [5.41, 5.74) is 1.95. The molecule has 0 bridgehead atoms. The van der Waals surface area contributed by atoms with Crippen LogP contribution in [-0.2, 0) is 18.4 Å². The fraction of sp³-hybridized carbons (Fsp3) is 0.500. The second-order valence-corrected chi connectivity index (χ2v) is 8.08. The average Bonchev–Trinajstić information content (AvgIpc) is 3.36. The number of rotatable bonds is 6. The molecule has 3 aromatic rings. The van der Waals surface area contributed by atoms with Crippen molar-refractivity contribution in [3.63, 3.8) is 0 Å². The third-order valence-electron chi connectivity index (χ3n) is 4.66. The number of anilines is 2. The summed E-state index contributed by atoms with van der Waals surface area (Å²) in [5.74, 6) is 2.18. The molecule has 9 nitrogen and oxygen atoms in total. The predicted octanol–water partition coefficient (Wildman–Crippen LogP) is 2.18. The van der Waals surface area contributed by atoms with E-state index in [1.54, 1.807) is 23.1 Å². The molecular weight excluding hydrogens is 376 g/mol. The van der Waals surface area contributed by atoms with E-state index in [2.05, 4.69) is 30.3 Å². The summed E-state index contributed by atoms with van der Waals surface area (Å²) < 4.78 is 6.86. The number of aryl methyl sites for hydroxylation is 3. The topological polar surface area (TPSA) is 93.9 Å². The Morgan fingerprint density at radius 3 is 2.89 bits per heavy atom. The molecule has 10 heteroatoms. The summed E-state index contributed by atoms with van der Waals surface area (Å²) in [7, 11) is 3.52. The van der Waals surface area contributed by atoms with Gasteiger partial charge in [0.15, 0.2) is 5.82 Å². The van der Waals surface area contributed by atoms with E-state index in [1.165, 1.54) is 0 Å². The van der Waals surface area contributed by atoms with Gasteiger partial charge in [0.2, 0.25) is 11.9 Å². The van der Waals surface area contributed by atoms with Crippen molar-refractivity contribution < 1.29 is 4.74 Å². The summed E-state index contributed by atoms with van der Waals surface area (Å²) >= 11 is 1.67. The van der Waals surface area contributed by atoms with E-state index in [1.807, 2.05) is 33.2 Å². The van der Waals surface area contributed by atoms with E-state index < -0.39 is 0 Å². The molecule has 4 rings (SSSR count). The number of thiazole rings is 1. The van der Waals surface area contributed by atoms with Crippen LogP contribution in [-0.4, -0.2) is 56.0 Å². The molecule has 1 aliphatic heterocycles. The number of hydrogen-bond donors (Lipinski definition) is 1. The lowest BCUT2D eigenvalue weighted by Gasteiger charge is -2.17. The standard InChI is InChI=1S/C18H24N8OS/c1-11-16(28-12(2)20-11)14-5-7-19-17(22-14)26-8-6-13(9-26)21-18-23-15(10-27-4)24-25(18)3/h5,7,13H,6,8-10H2,1-4H3,(H,21,23,24). The number of methoxy groups -OCH3 is 1. The van der Waals surface area contributed by atoms with Crippen LogP contribution in [0.5, 0.6) is 0 Å². The minimum atomic E-state index is 0.262. The average molecular weight is 401 g/mol. The van der Waals surface area contributed by atoms with Crippen molar-refractivity contribution in [2.75, 3.05) is 30.4 Å². The Kier molecular flexibility index (Phi) is 5.23. The van der Waals surface area contributed by atoms with Crippen LogP contribution in [0.2, 0.25) is 0 Å². The third-order valence-corrected chi connectivity index (χ3v) is 5.76. The quantitative estimate of drug-likeness (QED) is 0.673. The first kappa shape index (κ1) is 18.8. The molecule has 28 heavy (non-hydrogen) atoms. The first-order valence-corrected chi connectivity index (χ1v) is 10.0. The Morgan fingerprint density at radius 1 is 1.29 bits per heavy atom. The van der Waals surface area contributed by atoms with Gasteiger partial charge in [0, 0.05) is 39.5 Å². The number of hydrogen-bond acceptors (Lipinski definition) is 9. The van der Waals surface area contributed by atoms with Gasteiger partial charge >= 0.3 is 0 Å². The van der Waals surface area contributed by atoms with Gasteiger partial charge in [0.25, 0.3) is 0 Å². The molecule has 1 fully saturated rings. The van der Waals surface area contributed by atoms with Gasteiger partial charge in [-0.2, -0.15) is 10.1 Å². The van der Waals surface area contributed by atoms with Crippen molar-refractivity contribution in [2.45, 2.75) is 32.9 Å². The highest BCUT2D eigenvalue weighted by atomic mass is 32.1. The molecule has 0 aliphatic carbocycles. The summed E-state index contributed by atoms with van der Waals surface area (Å²) in [6.45, 7) is 6.16. The largest absolute Gasteiger partial charge is 0.377 e. The van der Waals surface area contributed by atoms with Crippen LogP contribution in [0.1, 0.15) is 22.9 Å². The molecule has 0 spiro atoms. The lowest BCUT2D eigenvalue weighted by Crippen LogP contribution is -2.28. The highest BCUT2D eigenvalue weighted by Gasteiger charge is 2.26. The molecule has 1 atom stereocenters. The summed E-state index contributed by atoms with van der Waals surface area (Å²) in [4.78, 5) is 21.6. The van der Waals surface area contributed by atoms with Crippen LogP contribution in [0.15, 0.2) is 12.3 Å². The van der Waals surface area contributed by atoms with Crippen LogP contribution < -0.4 is 10.2 Å². The zero-order valence-electron chi connectivity index (χ0n) is 16.5. The second kappa shape index (κ2) is 7.80. The summed E-state index contributed by atoms with van der Waals surface area (Å²) in [6, 6.07) is 2.21. The van der Waals surface area contributed by atoms with Crippen molar-refractivity contribution >= 4 is 23.2 Å². The van der Waals surface area contributed by atoms with Crippen LogP contribution in [0, 0.1) is 13.8 Å². The molecule has 1 aliphatic rings. The predicted molar refractivity (Wildman–Crippen MR) is 109 cm³/mol. The fourth-order valence-electron chi connectivity index (χ4n) is 3.39. The van der Waals surface area contributed by atoms with E-state index in [9.17, 15) is 0 Å². The molecule has 148 valence electrons. The Bertz CT molecular complexity index is 968. The van der Waals surface area contributed by atoms with Crippen LogP contribution in [0.4, 0.5) is 11.9 Å². The molecule has 0 amide bonds. The molecule has 0 saturated carbocycles. The minimum Gasteiger partial charge on any atom is -0.377 e. The molecule has 4 heterocycles. The first-order valence-electron chi connectivity index (χ1n) is 9.21. The molecule has 1 saturated heterocycles. The van der Waals surface area contributed by atoms with E-state index in [-0.39, 0.29) is 6.04 Å². The first-order chi connectivity index (χ1) is 13.5. The smallest absolute Gasteiger partial charge is 0.225 e. The lowest BCUT2D eigenvalue weighted by atomic mass is 10.3. The normalized spacial score (nSPS) is 16.7. The van der Waals surface area contributed by atoms with Gasteiger partial charge < -0.3 is 15.0 Å². The van der Waals surface area contributed by atoms with Crippen LogP contribution in [0.25, 0.3) is 10.6 Å². The maximum absolute atomic E-state index is 5.10. The van der Waals surface area contributed by atoms with E-state index in [0.717, 1.165) is 52.7 Å². The Balaban J connectivity index is 1.46. The summed E-state index contributed by atoms with van der Waals surface area (Å²) in [5, 5.41) is 8.88. The second-order valence-electron chi connectivity index (χ2n) is 6.87. The van der Waals surface area contributed by atoms with Gasteiger partial charge in [-0.25, -0.2) is 19.6 Å². The molecule has 3 aromatic heterocycles. The van der Waals surface area contributed by atoms with E-state index >= 15 is 0 Å². The Hall–Kier alpha value is -2.59. The highest BCUT2D eigenvalue weighted by Crippen LogP contribution is 2.29.